The van der Waals surface area contributed by atoms with Gasteiger partial charge in [-0.1, -0.05) is 44.2 Å². The summed E-state index contributed by atoms with van der Waals surface area (Å²) in [6.45, 7) is 11.0. The van der Waals surface area contributed by atoms with Gasteiger partial charge < -0.3 is 40.1 Å². The van der Waals surface area contributed by atoms with Crippen LogP contribution in [0.1, 0.15) is 34.1 Å². The molecule has 1 aliphatic heterocycles. The zero-order valence-corrected chi connectivity index (χ0v) is 27.4. The molecule has 0 aromatic carbocycles. The molecule has 248 valence electrons. The zero-order valence-electron chi connectivity index (χ0n) is 27.4. The van der Waals surface area contributed by atoms with E-state index in [0.717, 1.165) is 0 Å². The molecular weight excluding hydrogens is 582 g/mol. The molecule has 2 aliphatic rings. The number of carbonyl (C=O) groups excluding carboxylic acids is 4. The van der Waals surface area contributed by atoms with Gasteiger partial charge in [-0.3, -0.25) is 14.4 Å². The first-order valence-electron chi connectivity index (χ1n) is 14.7. The molecule has 0 saturated carbocycles. The van der Waals surface area contributed by atoms with E-state index in [4.69, 9.17) is 29.4 Å². The lowest BCUT2D eigenvalue weighted by atomic mass is 9.83. The lowest BCUT2D eigenvalue weighted by Crippen LogP contribution is -2.43. The number of hydrogen-bond acceptors (Lipinski definition) is 10. The van der Waals surface area contributed by atoms with Crippen LogP contribution in [0.4, 0.5) is 4.79 Å². The van der Waals surface area contributed by atoms with Gasteiger partial charge >= 0.3 is 6.09 Å². The summed E-state index contributed by atoms with van der Waals surface area (Å²) in [5, 5.41) is 5.50. The third-order valence-corrected chi connectivity index (χ3v) is 7.87. The van der Waals surface area contributed by atoms with Crippen LogP contribution in [0.15, 0.2) is 71.1 Å². The molecule has 0 aromatic rings. The second-order valence-corrected chi connectivity index (χ2v) is 11.1. The molecule has 0 radical (unpaired) electrons. The highest BCUT2D eigenvalue weighted by molar-refractivity contribution is 6.24. The molecular formula is C33H47N3O9. The molecule has 1 aliphatic carbocycles. The fraction of sp³-hybridized carbons (Fsp3) is 0.515. The SMILES string of the molecule is C=CCNC1=C2NC(=O)/C(C)=C\C=C\[C@H](OC)[C@@H](OC(N)=O)/C(C)=C/[C@H](C)[C@@H](OC)[C@@H](OC)C[C@H](C)[C@@H](OC)C(=CC1=O)C2=O. The van der Waals surface area contributed by atoms with Crippen molar-refractivity contribution in [1.82, 2.24) is 10.6 Å². The number of ketones is 2. The smallest absolute Gasteiger partial charge is 0.405 e. The van der Waals surface area contributed by atoms with Gasteiger partial charge in [0.2, 0.25) is 11.6 Å². The molecule has 0 fully saturated rings. The number of hydrogen-bond donors (Lipinski definition) is 3. The monoisotopic (exact) mass is 629 g/mol. The Morgan fingerprint density at radius 3 is 2.31 bits per heavy atom. The summed E-state index contributed by atoms with van der Waals surface area (Å²) in [6.07, 6.45) is 5.36. The van der Waals surface area contributed by atoms with Gasteiger partial charge in [-0.2, -0.15) is 0 Å². The number of rotatable bonds is 8. The van der Waals surface area contributed by atoms with E-state index in [9.17, 15) is 19.2 Å². The van der Waals surface area contributed by atoms with Crippen LogP contribution >= 0.6 is 0 Å². The number of nitrogens with two attached hydrogens (primary N) is 1. The highest BCUT2D eigenvalue weighted by Crippen LogP contribution is 2.30. The van der Waals surface area contributed by atoms with E-state index in [2.05, 4.69) is 17.2 Å². The maximum Gasteiger partial charge on any atom is 0.405 e. The summed E-state index contributed by atoms with van der Waals surface area (Å²) in [7, 11) is 6.04. The largest absolute Gasteiger partial charge is 0.439 e. The van der Waals surface area contributed by atoms with E-state index in [0.29, 0.717) is 12.0 Å². The van der Waals surface area contributed by atoms with E-state index in [-0.39, 0.29) is 40.9 Å². The third-order valence-electron chi connectivity index (χ3n) is 7.87. The Labute approximate surface area is 265 Å². The molecule has 4 N–H and O–H groups in total. The number of amides is 2. The fourth-order valence-corrected chi connectivity index (χ4v) is 5.61. The van der Waals surface area contributed by atoms with Crippen LogP contribution in [0, 0.1) is 11.8 Å². The summed E-state index contributed by atoms with van der Waals surface area (Å²) < 4.78 is 28.6. The Morgan fingerprint density at radius 2 is 1.76 bits per heavy atom. The maximum absolute atomic E-state index is 13.9. The molecule has 1 heterocycles. The summed E-state index contributed by atoms with van der Waals surface area (Å²) in [5.74, 6) is -2.23. The summed E-state index contributed by atoms with van der Waals surface area (Å²) in [5.41, 5.74) is 6.15. The Bertz CT molecular complexity index is 1280. The van der Waals surface area contributed by atoms with Crippen LogP contribution in [-0.2, 0) is 38.1 Å². The quantitative estimate of drug-likeness (QED) is 0.269. The zero-order chi connectivity index (χ0) is 33.8. The van der Waals surface area contributed by atoms with E-state index in [1.807, 2.05) is 19.9 Å². The van der Waals surface area contributed by atoms with Crippen LogP contribution in [0.5, 0.6) is 0 Å². The summed E-state index contributed by atoms with van der Waals surface area (Å²) >= 11 is 0. The van der Waals surface area contributed by atoms with Gasteiger partial charge in [0.25, 0.3) is 5.91 Å². The third kappa shape index (κ3) is 9.57. The Balaban J connectivity index is 2.76. The van der Waals surface area contributed by atoms with Gasteiger partial charge in [-0.05, 0) is 37.8 Å². The predicted molar refractivity (Wildman–Crippen MR) is 169 cm³/mol. The molecule has 7 atom stereocenters. The Kier molecular flexibility index (Phi) is 14.6. The van der Waals surface area contributed by atoms with Crippen molar-refractivity contribution < 1.29 is 42.9 Å². The second kappa shape index (κ2) is 17.6. The molecule has 0 unspecified atom stereocenters. The van der Waals surface area contributed by atoms with Crippen molar-refractivity contribution in [1.29, 1.82) is 0 Å². The molecule has 0 spiro atoms. The first-order valence-corrected chi connectivity index (χ1v) is 14.7. The van der Waals surface area contributed by atoms with Crippen LogP contribution in [0.25, 0.3) is 0 Å². The van der Waals surface area contributed by atoms with E-state index in [1.54, 1.807) is 40.2 Å². The molecule has 2 bridgehead atoms. The Morgan fingerprint density at radius 1 is 1.07 bits per heavy atom. The molecule has 2 rings (SSSR count). The van der Waals surface area contributed by atoms with Crippen molar-refractivity contribution in [3.63, 3.8) is 0 Å². The number of ether oxygens (including phenoxy) is 5. The molecule has 45 heavy (non-hydrogen) atoms. The minimum atomic E-state index is -0.980. The average molecular weight is 630 g/mol. The van der Waals surface area contributed by atoms with Crippen LogP contribution < -0.4 is 16.4 Å². The highest BCUT2D eigenvalue weighted by Gasteiger charge is 2.38. The van der Waals surface area contributed by atoms with Crippen molar-refractivity contribution in [2.75, 3.05) is 35.0 Å². The molecule has 0 saturated heterocycles. The van der Waals surface area contributed by atoms with E-state index >= 15 is 0 Å². The van der Waals surface area contributed by atoms with Gasteiger partial charge in [0.15, 0.2) is 6.10 Å². The molecule has 12 heteroatoms. The number of primary amides is 1. The van der Waals surface area contributed by atoms with Crippen molar-refractivity contribution in [2.24, 2.45) is 17.6 Å². The van der Waals surface area contributed by atoms with Crippen LogP contribution in [-0.4, -0.2) is 89.1 Å². The van der Waals surface area contributed by atoms with Gasteiger partial charge in [-0.15, -0.1) is 6.58 Å². The van der Waals surface area contributed by atoms with Crippen molar-refractivity contribution in [2.45, 2.75) is 64.6 Å². The van der Waals surface area contributed by atoms with Crippen molar-refractivity contribution in [3.05, 3.63) is 71.1 Å². The van der Waals surface area contributed by atoms with Crippen LogP contribution in [0.3, 0.4) is 0 Å². The second-order valence-electron chi connectivity index (χ2n) is 11.1. The highest BCUT2D eigenvalue weighted by atomic mass is 16.6. The van der Waals surface area contributed by atoms with Gasteiger partial charge in [0.05, 0.1) is 18.3 Å². The number of nitrogens with one attached hydrogen (secondary N) is 2. The van der Waals surface area contributed by atoms with E-state index < -0.39 is 54.1 Å². The lowest BCUT2D eigenvalue weighted by Gasteiger charge is -2.34. The normalized spacial score (nSPS) is 32.0. The van der Waals surface area contributed by atoms with Gasteiger partial charge in [0, 0.05) is 52.0 Å². The Hall–Kier alpha value is -3.84. The van der Waals surface area contributed by atoms with Gasteiger partial charge in [-0.25, -0.2) is 4.79 Å². The maximum atomic E-state index is 13.9. The van der Waals surface area contributed by atoms with Crippen molar-refractivity contribution in [3.8, 4) is 0 Å². The lowest BCUT2D eigenvalue weighted by molar-refractivity contribution is -0.121. The first-order chi connectivity index (χ1) is 21.3. The molecule has 0 aromatic heterocycles. The topological polar surface area (TPSA) is 165 Å². The minimum Gasteiger partial charge on any atom is -0.439 e. The van der Waals surface area contributed by atoms with E-state index in [1.165, 1.54) is 32.4 Å². The average Bonchev–Trinajstić information content (AvgIpc) is 2.99. The standard InChI is InChI=1S/C33H47N3O9/c1-10-14-35-26-23(37)17-22-28(38)27(26)36-32(39)18(2)12-11-13-24(41-6)31(45-33(34)40)20(4)15-19(3)30(44-9)25(42-7)16-21(5)29(22)43-8/h10-13,15,17,19,21,24-25,29-31,35H,1,14,16H2,2-9H3,(H2,34,40)(H,36,39)/b13-11+,18-12-,20-15+/t19-,21-,24-,25-,29+,30+,31-/m0/s1. The number of allylic oxidation sites excluding steroid dienone is 4. The fourth-order valence-electron chi connectivity index (χ4n) is 5.61. The predicted octanol–water partition coefficient (Wildman–Crippen LogP) is 2.82. The molecule has 12 nitrogen and oxygen atoms in total. The number of fused-ring (bicyclic) bond motifs is 2. The van der Waals surface area contributed by atoms with Gasteiger partial charge in [0.1, 0.15) is 17.5 Å². The first kappa shape index (κ1) is 37.3. The summed E-state index contributed by atoms with van der Waals surface area (Å²) in [6, 6.07) is 0. The minimum absolute atomic E-state index is 0.0516. The number of carbonyl (C=O) groups is 4. The van der Waals surface area contributed by atoms with Crippen LogP contribution in [0.2, 0.25) is 0 Å². The number of Topliss-reactive ketones (excluding diaryl/α,β-unsaturated/α-hetero) is 1. The summed E-state index contributed by atoms with van der Waals surface area (Å²) in [4.78, 5) is 52.4. The van der Waals surface area contributed by atoms with Crippen molar-refractivity contribution >= 4 is 23.6 Å². The molecule has 2 amide bonds. The number of methoxy groups -OCH3 is 4.